The maximum atomic E-state index is 11.6. The lowest BCUT2D eigenvalue weighted by molar-refractivity contribution is -0.122. The van der Waals surface area contributed by atoms with Gasteiger partial charge in [-0.2, -0.15) is 0 Å². The smallest absolute Gasteiger partial charge is 0.220 e. The Balaban J connectivity index is 2.20. The van der Waals surface area contributed by atoms with E-state index in [1.807, 2.05) is 0 Å². The first-order chi connectivity index (χ1) is 7.11. The van der Waals surface area contributed by atoms with Crippen LogP contribution in [0.25, 0.3) is 0 Å². The Labute approximate surface area is 92.8 Å². The minimum absolute atomic E-state index is 0.213. The minimum Gasteiger partial charge on any atom is -0.354 e. The number of nitrogens with one attached hydrogen (secondary N) is 1. The van der Waals surface area contributed by atoms with Crippen molar-refractivity contribution in [1.82, 2.24) is 5.32 Å². The molecule has 88 valence electrons. The van der Waals surface area contributed by atoms with Gasteiger partial charge < -0.3 is 11.1 Å². The van der Waals surface area contributed by atoms with Gasteiger partial charge in [0.2, 0.25) is 5.91 Å². The molecule has 15 heavy (non-hydrogen) atoms. The fraction of sp³-hybridized carbons (Fsp3) is 0.917. The number of amides is 1. The molecule has 1 amide bonds. The van der Waals surface area contributed by atoms with E-state index in [-0.39, 0.29) is 5.91 Å². The van der Waals surface area contributed by atoms with Crippen LogP contribution in [0.15, 0.2) is 0 Å². The summed E-state index contributed by atoms with van der Waals surface area (Å²) in [5, 5.41) is 3.02. The first-order valence-electron chi connectivity index (χ1n) is 6.16. The summed E-state index contributed by atoms with van der Waals surface area (Å²) in [6, 6.07) is 0.683. The molecule has 3 nitrogen and oxygen atoms in total. The van der Waals surface area contributed by atoms with Gasteiger partial charge in [-0.15, -0.1) is 0 Å². The summed E-state index contributed by atoms with van der Waals surface area (Å²) in [5.74, 6) is 0.777. The van der Waals surface area contributed by atoms with Crippen LogP contribution in [-0.2, 0) is 4.79 Å². The van der Waals surface area contributed by atoms with Crippen molar-refractivity contribution < 1.29 is 4.79 Å². The Morgan fingerprint density at radius 2 is 2.00 bits per heavy atom. The molecular weight excluding hydrogens is 188 g/mol. The number of hydrogen-bond acceptors (Lipinski definition) is 2. The molecule has 0 spiro atoms. The van der Waals surface area contributed by atoms with Crippen molar-refractivity contribution >= 4 is 5.91 Å². The molecule has 0 radical (unpaired) electrons. The molecule has 3 N–H and O–H groups in total. The maximum Gasteiger partial charge on any atom is 0.220 e. The highest BCUT2D eigenvalue weighted by atomic mass is 16.1. The van der Waals surface area contributed by atoms with E-state index in [4.69, 9.17) is 5.73 Å². The topological polar surface area (TPSA) is 55.1 Å². The maximum absolute atomic E-state index is 11.6. The molecule has 1 fully saturated rings. The monoisotopic (exact) mass is 212 g/mol. The van der Waals surface area contributed by atoms with Crippen LogP contribution in [0.1, 0.15) is 52.4 Å². The number of hydrogen-bond donors (Lipinski definition) is 2. The van der Waals surface area contributed by atoms with Crippen molar-refractivity contribution in [3.63, 3.8) is 0 Å². The molecule has 0 saturated heterocycles. The summed E-state index contributed by atoms with van der Waals surface area (Å²) in [6.07, 6.45) is 6.10. The average Bonchev–Trinajstić information content (AvgIpc) is 2.21. The molecule has 1 aliphatic carbocycles. The molecule has 0 heterocycles. The quantitative estimate of drug-likeness (QED) is 0.746. The van der Waals surface area contributed by atoms with Crippen LogP contribution in [0.5, 0.6) is 0 Å². The Morgan fingerprint density at radius 1 is 1.40 bits per heavy atom. The first kappa shape index (κ1) is 12.5. The fourth-order valence-electron chi connectivity index (χ4n) is 2.09. The van der Waals surface area contributed by atoms with E-state index in [0.29, 0.717) is 24.4 Å². The van der Waals surface area contributed by atoms with E-state index in [0.717, 1.165) is 32.1 Å². The number of carbonyl (C=O) groups is 1. The van der Waals surface area contributed by atoms with Crippen LogP contribution in [0.3, 0.4) is 0 Å². The molecule has 0 bridgehead atoms. The van der Waals surface area contributed by atoms with Crippen molar-refractivity contribution in [2.45, 2.75) is 64.5 Å². The van der Waals surface area contributed by atoms with Gasteiger partial charge in [-0.1, -0.05) is 6.92 Å². The molecule has 0 aromatic heterocycles. The predicted octanol–water partition coefficient (Wildman–Crippen LogP) is 1.81. The third-order valence-electron chi connectivity index (χ3n) is 3.39. The molecule has 0 aromatic rings. The molecule has 0 aromatic carbocycles. The standard InChI is InChI=1S/C12H24N2O/c1-3-9(2)14-12(15)8-10-4-6-11(13)7-5-10/h9-11H,3-8,13H2,1-2H3,(H,14,15). The van der Waals surface area contributed by atoms with Gasteiger partial charge in [0.15, 0.2) is 0 Å². The van der Waals surface area contributed by atoms with Crippen molar-refractivity contribution in [2.75, 3.05) is 0 Å². The van der Waals surface area contributed by atoms with E-state index in [2.05, 4.69) is 19.2 Å². The van der Waals surface area contributed by atoms with E-state index < -0.39 is 0 Å². The molecule has 1 unspecified atom stereocenters. The Kier molecular flexibility index (Phi) is 5.09. The summed E-state index contributed by atoms with van der Waals surface area (Å²) >= 11 is 0. The second kappa shape index (κ2) is 6.11. The molecule has 1 atom stereocenters. The zero-order valence-electron chi connectivity index (χ0n) is 9.96. The summed E-state index contributed by atoms with van der Waals surface area (Å²) in [7, 11) is 0. The Hall–Kier alpha value is -0.570. The zero-order chi connectivity index (χ0) is 11.3. The van der Waals surface area contributed by atoms with Crippen LogP contribution >= 0.6 is 0 Å². The van der Waals surface area contributed by atoms with Crippen molar-refractivity contribution in [3.05, 3.63) is 0 Å². The fourth-order valence-corrected chi connectivity index (χ4v) is 2.09. The lowest BCUT2D eigenvalue weighted by Gasteiger charge is -2.26. The van der Waals surface area contributed by atoms with Gasteiger partial charge in [-0.05, 0) is 44.9 Å². The summed E-state index contributed by atoms with van der Waals surface area (Å²) in [5.41, 5.74) is 5.83. The second-order valence-corrected chi connectivity index (χ2v) is 4.86. The number of rotatable bonds is 4. The molecule has 0 aliphatic heterocycles. The van der Waals surface area contributed by atoms with E-state index in [1.54, 1.807) is 0 Å². The van der Waals surface area contributed by atoms with Crippen LogP contribution < -0.4 is 11.1 Å². The molecule has 1 aliphatic rings. The summed E-state index contributed by atoms with van der Waals surface area (Å²) in [6.45, 7) is 4.14. The molecule has 1 rings (SSSR count). The van der Waals surface area contributed by atoms with Crippen molar-refractivity contribution in [3.8, 4) is 0 Å². The van der Waals surface area contributed by atoms with Gasteiger partial charge in [-0.25, -0.2) is 0 Å². The highest BCUT2D eigenvalue weighted by molar-refractivity contribution is 5.76. The Morgan fingerprint density at radius 3 is 2.53 bits per heavy atom. The average molecular weight is 212 g/mol. The third kappa shape index (κ3) is 4.65. The molecule has 1 saturated carbocycles. The highest BCUT2D eigenvalue weighted by Crippen LogP contribution is 2.25. The van der Waals surface area contributed by atoms with Gasteiger partial charge in [0.1, 0.15) is 0 Å². The Bertz CT molecular complexity index is 198. The molecular formula is C12H24N2O. The van der Waals surface area contributed by atoms with Gasteiger partial charge in [0, 0.05) is 18.5 Å². The highest BCUT2D eigenvalue weighted by Gasteiger charge is 2.21. The summed E-state index contributed by atoms with van der Waals surface area (Å²) in [4.78, 5) is 11.6. The van der Waals surface area contributed by atoms with Gasteiger partial charge in [0.05, 0.1) is 0 Å². The van der Waals surface area contributed by atoms with Crippen molar-refractivity contribution in [1.29, 1.82) is 0 Å². The normalized spacial score (nSPS) is 28.5. The first-order valence-corrected chi connectivity index (χ1v) is 6.16. The predicted molar refractivity (Wildman–Crippen MR) is 62.4 cm³/mol. The van der Waals surface area contributed by atoms with Crippen molar-refractivity contribution in [2.24, 2.45) is 11.7 Å². The number of nitrogens with two attached hydrogens (primary N) is 1. The number of carbonyl (C=O) groups excluding carboxylic acids is 1. The second-order valence-electron chi connectivity index (χ2n) is 4.86. The van der Waals surface area contributed by atoms with E-state index in [1.165, 1.54) is 0 Å². The lowest BCUT2D eigenvalue weighted by Crippen LogP contribution is -2.34. The van der Waals surface area contributed by atoms with E-state index >= 15 is 0 Å². The largest absolute Gasteiger partial charge is 0.354 e. The van der Waals surface area contributed by atoms with Crippen LogP contribution in [-0.4, -0.2) is 18.0 Å². The SMILES string of the molecule is CCC(C)NC(=O)CC1CCC(N)CC1. The zero-order valence-corrected chi connectivity index (χ0v) is 9.96. The van der Waals surface area contributed by atoms with Crippen LogP contribution in [0.2, 0.25) is 0 Å². The minimum atomic E-state index is 0.213. The summed E-state index contributed by atoms with van der Waals surface area (Å²) < 4.78 is 0. The lowest BCUT2D eigenvalue weighted by atomic mass is 9.84. The van der Waals surface area contributed by atoms with Crippen LogP contribution in [0, 0.1) is 5.92 Å². The van der Waals surface area contributed by atoms with Gasteiger partial charge >= 0.3 is 0 Å². The van der Waals surface area contributed by atoms with Crippen LogP contribution in [0.4, 0.5) is 0 Å². The van der Waals surface area contributed by atoms with Gasteiger partial charge in [-0.3, -0.25) is 4.79 Å². The van der Waals surface area contributed by atoms with E-state index in [9.17, 15) is 4.79 Å². The molecule has 3 heteroatoms. The van der Waals surface area contributed by atoms with Gasteiger partial charge in [0.25, 0.3) is 0 Å². The third-order valence-corrected chi connectivity index (χ3v) is 3.39.